The molecule has 0 spiro atoms. The first-order valence-corrected chi connectivity index (χ1v) is 9.97. The SMILES string of the molecule is CCCCn1cnc2c(c1=O)c1nc3ccccc3nc1n2-c1cccc(Cl)c1. The molecule has 0 unspecified atom stereocenters. The summed E-state index contributed by atoms with van der Waals surface area (Å²) in [7, 11) is 0. The summed E-state index contributed by atoms with van der Waals surface area (Å²) in [6, 6.07) is 15.1. The lowest BCUT2D eigenvalue weighted by Gasteiger charge is -2.07. The molecule has 7 heteroatoms. The molecule has 6 nitrogen and oxygen atoms in total. The number of nitrogens with zero attached hydrogens (tertiary/aromatic N) is 5. The maximum Gasteiger partial charge on any atom is 0.265 e. The number of para-hydroxylation sites is 2. The fourth-order valence-electron chi connectivity index (χ4n) is 3.62. The minimum absolute atomic E-state index is 0.0983. The van der Waals surface area contributed by atoms with Crippen molar-refractivity contribution < 1.29 is 0 Å². The number of aromatic nitrogens is 5. The standard InChI is InChI=1S/C22H18ClN5O/c1-2-3-11-27-13-24-20-18(22(27)29)19-21(26-17-10-5-4-9-16(17)25-19)28(20)15-8-6-7-14(23)12-15/h4-10,12-13H,2-3,11H2,1H3. The Morgan fingerprint density at radius 2 is 1.79 bits per heavy atom. The van der Waals surface area contributed by atoms with Crippen LogP contribution in [0.4, 0.5) is 0 Å². The fourth-order valence-corrected chi connectivity index (χ4v) is 3.80. The van der Waals surface area contributed by atoms with Crippen molar-refractivity contribution in [2.75, 3.05) is 0 Å². The van der Waals surface area contributed by atoms with Gasteiger partial charge in [0.05, 0.1) is 23.0 Å². The van der Waals surface area contributed by atoms with Crippen LogP contribution in [0.25, 0.3) is 38.9 Å². The lowest BCUT2D eigenvalue weighted by molar-refractivity contribution is 0.608. The maximum atomic E-state index is 13.3. The molecule has 0 fully saturated rings. The summed E-state index contributed by atoms with van der Waals surface area (Å²) in [4.78, 5) is 27.6. The molecule has 0 radical (unpaired) electrons. The van der Waals surface area contributed by atoms with Crippen molar-refractivity contribution in [3.05, 3.63) is 70.2 Å². The molecule has 5 aromatic rings. The van der Waals surface area contributed by atoms with Gasteiger partial charge in [-0.2, -0.15) is 0 Å². The third-order valence-electron chi connectivity index (χ3n) is 5.05. The molecule has 0 atom stereocenters. The highest BCUT2D eigenvalue weighted by Gasteiger charge is 2.20. The van der Waals surface area contributed by atoms with E-state index in [1.165, 1.54) is 0 Å². The fraction of sp³-hybridized carbons (Fsp3) is 0.182. The Bertz CT molecular complexity index is 1440. The van der Waals surface area contributed by atoms with E-state index in [4.69, 9.17) is 21.6 Å². The molecule has 144 valence electrons. The van der Waals surface area contributed by atoms with Crippen LogP contribution in [0.1, 0.15) is 19.8 Å². The first-order chi connectivity index (χ1) is 14.2. The van der Waals surface area contributed by atoms with Gasteiger partial charge in [0.2, 0.25) is 0 Å². The predicted octanol–water partition coefficient (Wildman–Crippen LogP) is 4.74. The number of unbranched alkanes of at least 4 members (excludes halogenated alkanes) is 1. The van der Waals surface area contributed by atoms with E-state index in [1.807, 2.05) is 53.1 Å². The Balaban J connectivity index is 1.94. The van der Waals surface area contributed by atoms with Gasteiger partial charge in [-0.25, -0.2) is 15.0 Å². The van der Waals surface area contributed by atoms with Gasteiger partial charge in [-0.15, -0.1) is 0 Å². The van der Waals surface area contributed by atoms with E-state index in [2.05, 4.69) is 11.9 Å². The van der Waals surface area contributed by atoms with Gasteiger partial charge in [-0.1, -0.05) is 43.1 Å². The van der Waals surface area contributed by atoms with Crippen molar-refractivity contribution in [2.24, 2.45) is 0 Å². The summed E-state index contributed by atoms with van der Waals surface area (Å²) in [6.07, 6.45) is 3.52. The predicted molar refractivity (Wildman–Crippen MR) is 116 cm³/mol. The highest BCUT2D eigenvalue weighted by Crippen LogP contribution is 2.29. The largest absolute Gasteiger partial charge is 0.299 e. The quantitative estimate of drug-likeness (QED) is 0.435. The second-order valence-electron chi connectivity index (χ2n) is 7.00. The summed E-state index contributed by atoms with van der Waals surface area (Å²) in [5.41, 5.74) is 3.89. The van der Waals surface area contributed by atoms with Crippen molar-refractivity contribution in [3.63, 3.8) is 0 Å². The Morgan fingerprint density at radius 3 is 2.55 bits per heavy atom. The maximum absolute atomic E-state index is 13.3. The molecule has 0 bridgehead atoms. The van der Waals surface area contributed by atoms with E-state index in [-0.39, 0.29) is 5.56 Å². The molecule has 0 aliphatic heterocycles. The van der Waals surface area contributed by atoms with E-state index in [1.54, 1.807) is 10.9 Å². The topological polar surface area (TPSA) is 65.6 Å². The van der Waals surface area contributed by atoms with Crippen molar-refractivity contribution in [1.82, 2.24) is 24.1 Å². The summed E-state index contributed by atoms with van der Waals surface area (Å²) in [5.74, 6) is 0. The third-order valence-corrected chi connectivity index (χ3v) is 5.28. The molecule has 0 amide bonds. The first-order valence-electron chi connectivity index (χ1n) is 9.59. The molecule has 0 N–H and O–H groups in total. The number of rotatable bonds is 4. The average Bonchev–Trinajstić information content (AvgIpc) is 3.05. The Labute approximate surface area is 171 Å². The van der Waals surface area contributed by atoms with Crippen molar-refractivity contribution >= 4 is 44.8 Å². The zero-order valence-corrected chi connectivity index (χ0v) is 16.6. The number of benzene rings is 2. The Morgan fingerprint density at radius 1 is 1.00 bits per heavy atom. The van der Waals surface area contributed by atoms with Crippen LogP contribution in [0, 0.1) is 0 Å². The second-order valence-corrected chi connectivity index (χ2v) is 7.43. The van der Waals surface area contributed by atoms with Gasteiger partial charge in [0, 0.05) is 11.6 Å². The zero-order chi connectivity index (χ0) is 20.0. The lowest BCUT2D eigenvalue weighted by atomic mass is 10.3. The van der Waals surface area contributed by atoms with E-state index in [0.717, 1.165) is 29.6 Å². The van der Waals surface area contributed by atoms with E-state index < -0.39 is 0 Å². The molecule has 0 aliphatic carbocycles. The van der Waals surface area contributed by atoms with Gasteiger partial charge in [0.25, 0.3) is 5.56 Å². The number of fused-ring (bicyclic) bond motifs is 4. The third kappa shape index (κ3) is 2.87. The van der Waals surface area contributed by atoms with Crippen LogP contribution in [-0.4, -0.2) is 24.1 Å². The zero-order valence-electron chi connectivity index (χ0n) is 15.8. The summed E-state index contributed by atoms with van der Waals surface area (Å²) >= 11 is 6.24. The van der Waals surface area contributed by atoms with E-state index in [0.29, 0.717) is 33.8 Å². The van der Waals surface area contributed by atoms with Crippen LogP contribution < -0.4 is 5.56 Å². The summed E-state index contributed by atoms with van der Waals surface area (Å²) in [6.45, 7) is 2.72. The van der Waals surface area contributed by atoms with E-state index >= 15 is 0 Å². The molecule has 0 aliphatic rings. The molecular formula is C22H18ClN5O. The van der Waals surface area contributed by atoms with E-state index in [9.17, 15) is 4.79 Å². The highest BCUT2D eigenvalue weighted by molar-refractivity contribution is 6.30. The average molecular weight is 404 g/mol. The van der Waals surface area contributed by atoms with Crippen molar-refractivity contribution in [2.45, 2.75) is 26.3 Å². The number of hydrogen-bond acceptors (Lipinski definition) is 4. The van der Waals surface area contributed by atoms with Crippen LogP contribution in [0.2, 0.25) is 5.02 Å². The van der Waals surface area contributed by atoms with Gasteiger partial charge >= 0.3 is 0 Å². The monoisotopic (exact) mass is 403 g/mol. The van der Waals surface area contributed by atoms with Crippen LogP contribution in [-0.2, 0) is 6.54 Å². The highest BCUT2D eigenvalue weighted by atomic mass is 35.5. The Hall–Kier alpha value is -3.25. The molecule has 2 aromatic carbocycles. The lowest BCUT2D eigenvalue weighted by Crippen LogP contribution is -2.20. The molecule has 5 rings (SSSR count). The minimum atomic E-state index is -0.0983. The summed E-state index contributed by atoms with van der Waals surface area (Å²) in [5, 5.41) is 1.08. The summed E-state index contributed by atoms with van der Waals surface area (Å²) < 4.78 is 3.52. The van der Waals surface area contributed by atoms with Crippen molar-refractivity contribution in [3.8, 4) is 5.69 Å². The van der Waals surface area contributed by atoms with Gasteiger partial charge in [0.15, 0.2) is 11.3 Å². The Kier molecular flexibility index (Phi) is 4.28. The van der Waals surface area contributed by atoms with Crippen LogP contribution in [0.15, 0.2) is 59.7 Å². The van der Waals surface area contributed by atoms with Crippen LogP contribution in [0.5, 0.6) is 0 Å². The molecule has 3 heterocycles. The molecule has 0 saturated heterocycles. The number of aryl methyl sites for hydroxylation is 1. The van der Waals surface area contributed by atoms with Gasteiger partial charge in [-0.05, 0) is 36.8 Å². The minimum Gasteiger partial charge on any atom is -0.299 e. The molecule has 3 aromatic heterocycles. The van der Waals surface area contributed by atoms with Crippen LogP contribution >= 0.6 is 11.6 Å². The van der Waals surface area contributed by atoms with Gasteiger partial charge in [-0.3, -0.25) is 13.9 Å². The van der Waals surface area contributed by atoms with Gasteiger partial charge < -0.3 is 0 Å². The molecule has 29 heavy (non-hydrogen) atoms. The number of hydrogen-bond donors (Lipinski definition) is 0. The second kappa shape index (κ2) is 6.97. The molecular weight excluding hydrogens is 386 g/mol. The smallest absolute Gasteiger partial charge is 0.265 e. The number of halogens is 1. The van der Waals surface area contributed by atoms with Crippen LogP contribution in [0.3, 0.4) is 0 Å². The normalized spacial score (nSPS) is 11.7. The molecule has 0 saturated carbocycles. The first kappa shape index (κ1) is 17.8. The van der Waals surface area contributed by atoms with Crippen molar-refractivity contribution in [1.29, 1.82) is 0 Å². The van der Waals surface area contributed by atoms with Gasteiger partial charge in [0.1, 0.15) is 10.9 Å².